The van der Waals surface area contributed by atoms with E-state index in [4.69, 9.17) is 5.73 Å². The number of rotatable bonds is 5. The van der Waals surface area contributed by atoms with Gasteiger partial charge in [0.25, 0.3) is 0 Å². The van der Waals surface area contributed by atoms with Gasteiger partial charge in [-0.2, -0.15) is 0 Å². The van der Waals surface area contributed by atoms with Gasteiger partial charge in [0.05, 0.1) is 0 Å². The fourth-order valence-corrected chi connectivity index (χ4v) is 1.58. The number of carbonyl (C=O) groups is 2. The van der Waals surface area contributed by atoms with E-state index in [1.54, 1.807) is 12.1 Å². The van der Waals surface area contributed by atoms with Crippen molar-refractivity contribution in [2.45, 2.75) is 40.2 Å². The maximum atomic E-state index is 11.9. The third-order valence-electron chi connectivity index (χ3n) is 2.89. The molecule has 0 aliphatic carbocycles. The summed E-state index contributed by atoms with van der Waals surface area (Å²) in [5.41, 5.74) is 6.29. The van der Waals surface area contributed by atoms with Crippen molar-refractivity contribution < 1.29 is 9.59 Å². The van der Waals surface area contributed by atoms with Crippen molar-refractivity contribution in [3.05, 3.63) is 24.3 Å². The van der Waals surface area contributed by atoms with E-state index in [2.05, 4.69) is 10.6 Å². The standard InChI is InChI=1S/C15H23N3O2/c1-5-12(13(16)19)17-10-7-6-8-11(9-10)18-14(20)15(2,3)4/h6-9,12,17H,5H2,1-4H3,(H2,16,19)(H,18,20)/t12-/m1/s1. The monoisotopic (exact) mass is 277 g/mol. The molecule has 5 nitrogen and oxygen atoms in total. The van der Waals surface area contributed by atoms with Crippen molar-refractivity contribution in [3.8, 4) is 0 Å². The first kappa shape index (κ1) is 16.0. The number of nitrogens with two attached hydrogens (primary N) is 1. The summed E-state index contributed by atoms with van der Waals surface area (Å²) in [4.78, 5) is 23.1. The zero-order valence-corrected chi connectivity index (χ0v) is 12.5. The SMILES string of the molecule is CC[C@@H](Nc1cccc(NC(=O)C(C)(C)C)c1)C(N)=O. The summed E-state index contributed by atoms with van der Waals surface area (Å²) in [6.07, 6.45) is 0.605. The van der Waals surface area contributed by atoms with Gasteiger partial charge in [0.15, 0.2) is 0 Å². The lowest BCUT2D eigenvalue weighted by molar-refractivity contribution is -0.123. The molecule has 2 amide bonds. The van der Waals surface area contributed by atoms with Gasteiger partial charge < -0.3 is 16.4 Å². The molecule has 0 aromatic heterocycles. The van der Waals surface area contributed by atoms with Gasteiger partial charge in [-0.15, -0.1) is 0 Å². The molecule has 0 saturated heterocycles. The van der Waals surface area contributed by atoms with Crippen LogP contribution in [0.1, 0.15) is 34.1 Å². The fourth-order valence-electron chi connectivity index (χ4n) is 1.58. The predicted octanol–water partition coefficient (Wildman–Crippen LogP) is 2.35. The summed E-state index contributed by atoms with van der Waals surface area (Å²) in [5, 5.41) is 5.90. The Labute approximate surface area is 119 Å². The van der Waals surface area contributed by atoms with E-state index < -0.39 is 17.4 Å². The van der Waals surface area contributed by atoms with E-state index in [0.717, 1.165) is 5.69 Å². The van der Waals surface area contributed by atoms with Gasteiger partial charge in [-0.1, -0.05) is 33.8 Å². The molecule has 0 fully saturated rings. The van der Waals surface area contributed by atoms with Crippen LogP contribution in [0, 0.1) is 5.41 Å². The van der Waals surface area contributed by atoms with Crippen molar-refractivity contribution in [2.24, 2.45) is 11.1 Å². The Morgan fingerprint density at radius 3 is 2.35 bits per heavy atom. The second kappa shape index (κ2) is 6.41. The van der Waals surface area contributed by atoms with Gasteiger partial charge in [0.2, 0.25) is 11.8 Å². The van der Waals surface area contributed by atoms with Crippen LogP contribution in [0.2, 0.25) is 0 Å². The van der Waals surface area contributed by atoms with Crippen molar-refractivity contribution in [3.63, 3.8) is 0 Å². The highest BCUT2D eigenvalue weighted by Gasteiger charge is 2.21. The lowest BCUT2D eigenvalue weighted by Gasteiger charge is -2.19. The van der Waals surface area contributed by atoms with Gasteiger partial charge in [0.1, 0.15) is 6.04 Å². The number of primary amides is 1. The van der Waals surface area contributed by atoms with Crippen LogP contribution in [0.3, 0.4) is 0 Å². The second-order valence-electron chi connectivity index (χ2n) is 5.79. The average molecular weight is 277 g/mol. The maximum absolute atomic E-state index is 11.9. The van der Waals surface area contributed by atoms with Gasteiger partial charge in [-0.3, -0.25) is 9.59 Å². The molecule has 1 aromatic rings. The highest BCUT2D eigenvalue weighted by Crippen LogP contribution is 2.20. The van der Waals surface area contributed by atoms with Crippen LogP contribution < -0.4 is 16.4 Å². The Kier molecular flexibility index (Phi) is 5.13. The number of benzene rings is 1. The number of nitrogens with one attached hydrogen (secondary N) is 2. The van der Waals surface area contributed by atoms with E-state index in [1.807, 2.05) is 39.8 Å². The molecule has 20 heavy (non-hydrogen) atoms. The lowest BCUT2D eigenvalue weighted by atomic mass is 9.95. The molecule has 0 aliphatic heterocycles. The first-order valence-electron chi connectivity index (χ1n) is 6.71. The van der Waals surface area contributed by atoms with Crippen LogP contribution in [0.15, 0.2) is 24.3 Å². The van der Waals surface area contributed by atoms with Crippen LogP contribution >= 0.6 is 0 Å². The summed E-state index contributed by atoms with van der Waals surface area (Å²) >= 11 is 0. The van der Waals surface area contributed by atoms with Gasteiger partial charge in [0, 0.05) is 16.8 Å². The molecular formula is C15H23N3O2. The zero-order chi connectivity index (χ0) is 15.3. The Hall–Kier alpha value is -2.04. The van der Waals surface area contributed by atoms with Gasteiger partial charge in [-0.25, -0.2) is 0 Å². The molecule has 4 N–H and O–H groups in total. The number of amides is 2. The Bertz CT molecular complexity index is 492. The summed E-state index contributed by atoms with van der Waals surface area (Å²) in [5.74, 6) is -0.451. The zero-order valence-electron chi connectivity index (χ0n) is 12.5. The van der Waals surface area contributed by atoms with E-state index in [0.29, 0.717) is 12.1 Å². The molecule has 0 heterocycles. The molecule has 0 aliphatic rings. The smallest absolute Gasteiger partial charge is 0.239 e. The highest BCUT2D eigenvalue weighted by atomic mass is 16.2. The summed E-state index contributed by atoms with van der Waals surface area (Å²) in [6, 6.07) is 6.82. The van der Waals surface area contributed by atoms with Crippen LogP contribution in [-0.4, -0.2) is 17.9 Å². The van der Waals surface area contributed by atoms with E-state index in [-0.39, 0.29) is 5.91 Å². The number of carbonyl (C=O) groups excluding carboxylic acids is 2. The quantitative estimate of drug-likeness (QED) is 0.772. The van der Waals surface area contributed by atoms with E-state index in [9.17, 15) is 9.59 Å². The highest BCUT2D eigenvalue weighted by molar-refractivity contribution is 5.95. The maximum Gasteiger partial charge on any atom is 0.239 e. The third kappa shape index (κ3) is 4.57. The first-order valence-corrected chi connectivity index (χ1v) is 6.71. The van der Waals surface area contributed by atoms with Crippen LogP contribution in [0.5, 0.6) is 0 Å². The molecule has 0 unspecified atom stereocenters. The minimum Gasteiger partial charge on any atom is -0.374 e. The Balaban J connectivity index is 2.81. The molecule has 1 atom stereocenters. The van der Waals surface area contributed by atoms with E-state index in [1.165, 1.54) is 0 Å². The third-order valence-corrected chi connectivity index (χ3v) is 2.89. The van der Waals surface area contributed by atoms with Crippen LogP contribution in [0.4, 0.5) is 11.4 Å². The molecule has 0 spiro atoms. The first-order chi connectivity index (χ1) is 9.24. The number of hydrogen-bond donors (Lipinski definition) is 3. The molecule has 0 radical (unpaired) electrons. The largest absolute Gasteiger partial charge is 0.374 e. The molecule has 110 valence electrons. The predicted molar refractivity (Wildman–Crippen MR) is 81.4 cm³/mol. The van der Waals surface area contributed by atoms with Crippen LogP contribution in [-0.2, 0) is 9.59 Å². The topological polar surface area (TPSA) is 84.2 Å². The summed E-state index contributed by atoms with van der Waals surface area (Å²) < 4.78 is 0. The molecule has 1 rings (SSSR count). The minimum absolute atomic E-state index is 0.0587. The second-order valence-corrected chi connectivity index (χ2v) is 5.79. The molecule has 1 aromatic carbocycles. The van der Waals surface area contributed by atoms with Gasteiger partial charge >= 0.3 is 0 Å². The Morgan fingerprint density at radius 1 is 1.25 bits per heavy atom. The van der Waals surface area contributed by atoms with Crippen molar-refractivity contribution in [1.82, 2.24) is 0 Å². The number of anilines is 2. The fraction of sp³-hybridized carbons (Fsp3) is 0.467. The van der Waals surface area contributed by atoms with Crippen molar-refractivity contribution in [1.29, 1.82) is 0 Å². The van der Waals surface area contributed by atoms with E-state index >= 15 is 0 Å². The minimum atomic E-state index is -0.456. The molecular weight excluding hydrogens is 254 g/mol. The average Bonchev–Trinajstić information content (AvgIpc) is 2.34. The van der Waals surface area contributed by atoms with Gasteiger partial charge in [-0.05, 0) is 24.6 Å². The van der Waals surface area contributed by atoms with Crippen LogP contribution in [0.25, 0.3) is 0 Å². The van der Waals surface area contributed by atoms with Crippen molar-refractivity contribution in [2.75, 3.05) is 10.6 Å². The summed E-state index contributed by atoms with van der Waals surface area (Å²) in [6.45, 7) is 7.44. The molecule has 0 saturated carbocycles. The van der Waals surface area contributed by atoms with Crippen molar-refractivity contribution >= 4 is 23.2 Å². The number of hydrogen-bond acceptors (Lipinski definition) is 3. The molecule has 0 bridgehead atoms. The normalized spacial score (nSPS) is 12.6. The molecule has 5 heteroatoms. The lowest BCUT2D eigenvalue weighted by Crippen LogP contribution is -2.34. The Morgan fingerprint density at radius 2 is 1.85 bits per heavy atom. The summed E-state index contributed by atoms with van der Waals surface area (Å²) in [7, 11) is 0.